The van der Waals surface area contributed by atoms with E-state index in [1.54, 1.807) is 0 Å². The topological polar surface area (TPSA) is 28.3 Å². The van der Waals surface area contributed by atoms with Gasteiger partial charge in [-0.05, 0) is 127 Å². The Morgan fingerprint density at radius 3 is 1.21 bits per heavy atom. The highest BCUT2D eigenvalue weighted by Crippen LogP contribution is 2.42. The Bertz CT molecular complexity index is 3000. The predicted octanol–water partition coefficient (Wildman–Crippen LogP) is 11.2. The Kier molecular flexibility index (Phi) is 6.45. The van der Waals surface area contributed by atoms with Gasteiger partial charge < -0.3 is 18.6 Å². The molecule has 0 fully saturated rings. The maximum absolute atomic E-state index is 6.98. The van der Waals surface area contributed by atoms with E-state index in [0.29, 0.717) is 0 Å². The minimum absolute atomic E-state index is 0.122. The zero-order valence-corrected chi connectivity index (χ0v) is 31.3. The van der Waals surface area contributed by atoms with Crippen molar-refractivity contribution in [2.45, 2.75) is 20.8 Å². The van der Waals surface area contributed by atoms with Gasteiger partial charge in [-0.1, -0.05) is 90.5 Å². The predicted molar refractivity (Wildman–Crippen MR) is 232 cm³/mol. The zero-order chi connectivity index (χ0) is 37.2. The molecule has 0 unspecified atom stereocenters. The van der Waals surface area contributed by atoms with Gasteiger partial charge in [0.25, 0.3) is 6.71 Å². The second-order valence-electron chi connectivity index (χ2n) is 15.5. The Balaban J connectivity index is 1.12. The Labute approximate surface area is 324 Å². The van der Waals surface area contributed by atoms with E-state index in [2.05, 4.69) is 188 Å². The smallest absolute Gasteiger partial charge is 0.260 e. The van der Waals surface area contributed by atoms with Gasteiger partial charge >= 0.3 is 0 Å². The van der Waals surface area contributed by atoms with E-state index >= 15 is 0 Å². The number of hydrogen-bond donors (Lipinski definition) is 0. The highest BCUT2D eigenvalue weighted by molar-refractivity contribution is 6.98. The molecule has 2 aliphatic heterocycles. The lowest BCUT2D eigenvalue weighted by atomic mass is 9.34. The summed E-state index contributed by atoms with van der Waals surface area (Å²) in [5.41, 5.74) is 16.3. The van der Waals surface area contributed by atoms with Gasteiger partial charge in [-0.3, -0.25) is 0 Å². The molecular weight excluding hydrogens is 683 g/mol. The van der Waals surface area contributed by atoms with Crippen LogP contribution in [0, 0.1) is 20.8 Å². The third-order valence-electron chi connectivity index (χ3n) is 12.1. The maximum atomic E-state index is 6.98. The quantitative estimate of drug-likeness (QED) is 0.170. The zero-order valence-electron chi connectivity index (χ0n) is 31.3. The van der Waals surface area contributed by atoms with Crippen LogP contribution in [0.15, 0.2) is 158 Å². The normalized spacial score (nSPS) is 12.8. The summed E-state index contributed by atoms with van der Waals surface area (Å²) in [7, 11) is 0. The third-order valence-corrected chi connectivity index (χ3v) is 12.1. The van der Waals surface area contributed by atoms with Gasteiger partial charge in [-0.2, -0.15) is 0 Å². The maximum Gasteiger partial charge on any atom is 0.260 e. The molecule has 5 heteroatoms. The summed E-state index contributed by atoms with van der Waals surface area (Å²) in [6.45, 7) is 6.43. The van der Waals surface area contributed by atoms with Crippen molar-refractivity contribution >= 4 is 66.7 Å². The molecule has 264 valence electrons. The summed E-state index contributed by atoms with van der Waals surface area (Å²) in [5, 5.41) is 4.97. The molecule has 0 saturated heterocycles. The largest absolute Gasteiger partial charge is 0.458 e. The highest BCUT2D eigenvalue weighted by Gasteiger charge is 2.41. The molecule has 2 aliphatic rings. The van der Waals surface area contributed by atoms with Gasteiger partial charge in [0.15, 0.2) is 0 Å². The van der Waals surface area contributed by atoms with Gasteiger partial charge in [-0.25, -0.2) is 0 Å². The van der Waals surface area contributed by atoms with Crippen molar-refractivity contribution in [1.29, 1.82) is 0 Å². The van der Waals surface area contributed by atoms with Crippen LogP contribution >= 0.6 is 0 Å². The first kappa shape index (κ1) is 31.4. The van der Waals surface area contributed by atoms with Crippen LogP contribution in [0.3, 0.4) is 0 Å². The second kappa shape index (κ2) is 11.5. The van der Waals surface area contributed by atoms with Crippen LogP contribution in [0.25, 0.3) is 66.1 Å². The number of fused-ring (bicyclic) bond motifs is 10. The van der Waals surface area contributed by atoms with Crippen molar-refractivity contribution in [2.75, 3.05) is 0 Å². The van der Waals surface area contributed by atoms with E-state index in [4.69, 9.17) is 9.47 Å². The number of ether oxygens (including phenoxy) is 2. The van der Waals surface area contributed by atoms with Crippen LogP contribution in [0.1, 0.15) is 16.7 Å². The van der Waals surface area contributed by atoms with Crippen molar-refractivity contribution in [1.82, 2.24) is 9.13 Å². The molecule has 0 N–H and O–H groups in total. The minimum atomic E-state index is -0.122. The molecule has 10 aromatic rings. The number of hydrogen-bond acceptors (Lipinski definition) is 2. The molecule has 0 spiro atoms. The summed E-state index contributed by atoms with van der Waals surface area (Å²) < 4.78 is 18.7. The fourth-order valence-corrected chi connectivity index (χ4v) is 9.94. The summed E-state index contributed by atoms with van der Waals surface area (Å²) >= 11 is 0. The van der Waals surface area contributed by atoms with Crippen LogP contribution < -0.4 is 25.9 Å². The summed E-state index contributed by atoms with van der Waals surface area (Å²) in [4.78, 5) is 0. The lowest BCUT2D eigenvalue weighted by Crippen LogP contribution is -2.57. The first-order valence-electron chi connectivity index (χ1n) is 19.4. The average Bonchev–Trinajstić information content (AvgIpc) is 3.73. The van der Waals surface area contributed by atoms with Gasteiger partial charge in [0.05, 0.1) is 22.1 Å². The third kappa shape index (κ3) is 4.37. The van der Waals surface area contributed by atoms with E-state index in [1.807, 2.05) is 0 Å². The second-order valence-corrected chi connectivity index (χ2v) is 15.5. The van der Waals surface area contributed by atoms with Crippen LogP contribution in [0.2, 0.25) is 0 Å². The summed E-state index contributed by atoms with van der Waals surface area (Å²) in [6.07, 6.45) is 0. The molecule has 4 heterocycles. The van der Waals surface area contributed by atoms with Crippen molar-refractivity contribution in [2.24, 2.45) is 0 Å². The summed E-state index contributed by atoms with van der Waals surface area (Å²) in [6, 6.07) is 57.2. The molecule has 0 amide bonds. The first-order chi connectivity index (χ1) is 27.5. The minimum Gasteiger partial charge on any atom is -0.458 e. The lowest BCUT2D eigenvalue weighted by Gasteiger charge is -2.34. The highest BCUT2D eigenvalue weighted by atomic mass is 16.5. The van der Waals surface area contributed by atoms with Gasteiger partial charge in [0.1, 0.15) is 23.0 Å². The molecule has 56 heavy (non-hydrogen) atoms. The molecule has 0 aliphatic carbocycles. The number of benzene rings is 8. The van der Waals surface area contributed by atoms with E-state index in [1.165, 1.54) is 65.9 Å². The monoisotopic (exact) mass is 718 g/mol. The molecule has 0 bridgehead atoms. The number of nitrogens with zero attached hydrogens (tertiary/aromatic N) is 2. The van der Waals surface area contributed by atoms with Gasteiger partial charge in [0.2, 0.25) is 0 Å². The fourth-order valence-electron chi connectivity index (χ4n) is 9.94. The number of rotatable bonds is 3. The molecule has 12 rings (SSSR count). The van der Waals surface area contributed by atoms with Crippen LogP contribution in [-0.2, 0) is 0 Å². The Morgan fingerprint density at radius 2 is 0.804 bits per heavy atom. The van der Waals surface area contributed by atoms with Crippen molar-refractivity contribution in [3.63, 3.8) is 0 Å². The van der Waals surface area contributed by atoms with E-state index in [9.17, 15) is 0 Å². The Morgan fingerprint density at radius 1 is 0.411 bits per heavy atom. The molecule has 0 radical (unpaired) electrons. The van der Waals surface area contributed by atoms with Crippen LogP contribution in [0.5, 0.6) is 23.0 Å². The standard InChI is InChI=1S/C51H35BN2O2/c1-30-24-31(2)50(32(3)25-30)33-26-48-51-49(27-33)56-47-23-21-35(54-44-18-10-6-14-38(44)39-15-7-11-19-45(39)54)29-41(47)52(51)40-28-34(20-22-46(40)55-48)53-42-16-8-4-12-36(42)37-13-5-9-17-43(37)53/h4-29H,1-3H3. The van der Waals surface area contributed by atoms with Gasteiger partial charge in [-0.15, -0.1) is 0 Å². The Hall–Kier alpha value is -6.98. The molecule has 2 aromatic heterocycles. The molecule has 0 atom stereocenters. The number of aryl methyl sites for hydroxylation is 3. The summed E-state index contributed by atoms with van der Waals surface area (Å²) in [5.74, 6) is 3.41. The lowest BCUT2D eigenvalue weighted by molar-refractivity contribution is 0.465. The van der Waals surface area contributed by atoms with E-state index < -0.39 is 0 Å². The first-order valence-corrected chi connectivity index (χ1v) is 19.4. The number of para-hydroxylation sites is 4. The molecule has 4 nitrogen and oxygen atoms in total. The van der Waals surface area contributed by atoms with Crippen molar-refractivity contribution < 1.29 is 9.47 Å². The fraction of sp³-hybridized carbons (Fsp3) is 0.0588. The van der Waals surface area contributed by atoms with Crippen LogP contribution in [-0.4, -0.2) is 15.8 Å². The van der Waals surface area contributed by atoms with Crippen molar-refractivity contribution in [3.8, 4) is 45.5 Å². The van der Waals surface area contributed by atoms with Crippen molar-refractivity contribution in [3.05, 3.63) is 174 Å². The van der Waals surface area contributed by atoms with E-state index in [0.717, 1.165) is 56.3 Å². The molecular formula is C51H35BN2O2. The molecule has 0 saturated carbocycles. The number of aromatic nitrogens is 2. The SMILES string of the molecule is Cc1cc(C)c(-c2cc3c4c(c2)Oc2ccc(-n5c6ccccc6c6ccccc65)cc2B4c2cc(-n4c5ccccc5c5ccccc54)ccc2O3)c(C)c1. The van der Waals surface area contributed by atoms with Gasteiger partial charge in [0, 0.05) is 38.4 Å². The van der Waals surface area contributed by atoms with E-state index in [-0.39, 0.29) is 6.71 Å². The van der Waals surface area contributed by atoms with Crippen LogP contribution in [0.4, 0.5) is 0 Å². The average molecular weight is 719 g/mol. The molecule has 8 aromatic carbocycles.